The van der Waals surface area contributed by atoms with E-state index in [0.717, 1.165) is 57.8 Å². The molecule has 142 valence electrons. The van der Waals surface area contributed by atoms with Crippen molar-refractivity contribution in [1.82, 2.24) is 0 Å². The minimum Gasteiger partial charge on any atom is -1.00 e. The topological polar surface area (TPSA) is 78.8 Å². The Hall–Kier alpha value is -0.740. The Morgan fingerprint density at radius 1 is 0.625 bits per heavy atom. The lowest BCUT2D eigenvalue weighted by atomic mass is 9.79. The van der Waals surface area contributed by atoms with Gasteiger partial charge in [0.25, 0.3) is 5.54 Å². The van der Waals surface area contributed by atoms with E-state index in [1.807, 2.05) is 0 Å². The molecule has 0 saturated carbocycles. The standard InChI is InChI=1S/C19H35NO3.ClH/c1-4-7-10-13-16(21)19(20,17(22)14-11-8-5-2)18(23)15-12-9-6-3;/h4-15,20H2,1-3H3;1H. The molecule has 4 nitrogen and oxygen atoms in total. The molecule has 0 bridgehead atoms. The third-order valence-corrected chi connectivity index (χ3v) is 4.45. The Labute approximate surface area is 153 Å². The number of unbranched alkanes of at least 4 members (excludes halogenated alkanes) is 6. The average Bonchev–Trinajstić information content (AvgIpc) is 2.54. The quantitative estimate of drug-likeness (QED) is 0.339. The molecule has 0 saturated heterocycles. The van der Waals surface area contributed by atoms with E-state index < -0.39 is 5.54 Å². The van der Waals surface area contributed by atoms with E-state index in [0.29, 0.717) is 0 Å². The Morgan fingerprint density at radius 2 is 0.875 bits per heavy atom. The van der Waals surface area contributed by atoms with Crippen LogP contribution < -0.4 is 18.1 Å². The van der Waals surface area contributed by atoms with E-state index in [9.17, 15) is 14.4 Å². The Kier molecular flexibility index (Phi) is 15.5. The predicted octanol–water partition coefficient (Wildman–Crippen LogP) is 0.419. The van der Waals surface area contributed by atoms with Crippen LogP contribution in [0.15, 0.2) is 0 Å². The zero-order chi connectivity index (χ0) is 17.7. The van der Waals surface area contributed by atoms with Crippen molar-refractivity contribution in [2.45, 2.75) is 103 Å². The Balaban J connectivity index is 0. The van der Waals surface area contributed by atoms with E-state index in [4.69, 9.17) is 0 Å². The largest absolute Gasteiger partial charge is 1.00 e. The molecule has 0 aliphatic rings. The lowest BCUT2D eigenvalue weighted by Crippen LogP contribution is -3.00. The van der Waals surface area contributed by atoms with Crippen LogP contribution in [-0.2, 0) is 14.4 Å². The SMILES string of the molecule is CCCCCC(=O)C([NH3+])(C(=O)CCCCC)C(=O)CCCCC.[Cl-]. The summed E-state index contributed by atoms with van der Waals surface area (Å²) in [6.45, 7) is 6.19. The molecule has 0 fully saturated rings. The molecule has 0 heterocycles. The first-order valence-corrected chi connectivity index (χ1v) is 9.40. The van der Waals surface area contributed by atoms with Gasteiger partial charge < -0.3 is 18.1 Å². The van der Waals surface area contributed by atoms with Gasteiger partial charge in [-0.05, 0) is 19.3 Å². The summed E-state index contributed by atoms with van der Waals surface area (Å²) in [4.78, 5) is 37.8. The van der Waals surface area contributed by atoms with Crippen LogP contribution in [0.3, 0.4) is 0 Å². The van der Waals surface area contributed by atoms with E-state index in [1.165, 1.54) is 0 Å². The van der Waals surface area contributed by atoms with Crippen molar-refractivity contribution in [3.8, 4) is 0 Å². The molecule has 0 aromatic carbocycles. The second kappa shape index (κ2) is 14.6. The van der Waals surface area contributed by atoms with Crippen molar-refractivity contribution in [2.24, 2.45) is 0 Å². The second-order valence-corrected chi connectivity index (χ2v) is 6.55. The zero-order valence-corrected chi connectivity index (χ0v) is 16.6. The van der Waals surface area contributed by atoms with E-state index in [1.54, 1.807) is 0 Å². The summed E-state index contributed by atoms with van der Waals surface area (Å²) in [5, 5.41) is 0. The number of ketones is 3. The number of halogens is 1. The Morgan fingerprint density at radius 3 is 1.08 bits per heavy atom. The fourth-order valence-corrected chi connectivity index (χ4v) is 2.71. The molecule has 5 heteroatoms. The van der Waals surface area contributed by atoms with E-state index in [-0.39, 0.29) is 49.0 Å². The average molecular weight is 362 g/mol. The normalized spacial score (nSPS) is 11.0. The fraction of sp³-hybridized carbons (Fsp3) is 0.842. The van der Waals surface area contributed by atoms with Gasteiger partial charge in [-0.15, -0.1) is 0 Å². The van der Waals surface area contributed by atoms with Gasteiger partial charge in [-0.25, -0.2) is 0 Å². The van der Waals surface area contributed by atoms with Gasteiger partial charge in [-0.3, -0.25) is 14.4 Å². The van der Waals surface area contributed by atoms with E-state index >= 15 is 0 Å². The van der Waals surface area contributed by atoms with Crippen molar-refractivity contribution in [3.63, 3.8) is 0 Å². The number of quaternary nitrogens is 1. The lowest BCUT2D eigenvalue weighted by molar-refractivity contribution is -0.421. The molecule has 0 amide bonds. The number of rotatable bonds is 15. The minimum atomic E-state index is -1.64. The summed E-state index contributed by atoms with van der Waals surface area (Å²) >= 11 is 0. The number of Topliss-reactive ketones (excluding diaryl/α,β-unsaturated/α-hetero) is 3. The van der Waals surface area contributed by atoms with Crippen LogP contribution in [0.2, 0.25) is 0 Å². The summed E-state index contributed by atoms with van der Waals surface area (Å²) in [5.41, 5.74) is 2.21. The molecule has 0 aromatic rings. The summed E-state index contributed by atoms with van der Waals surface area (Å²) in [6.07, 6.45) is 8.90. The molecule has 0 aromatic heterocycles. The van der Waals surface area contributed by atoms with Crippen molar-refractivity contribution in [1.29, 1.82) is 0 Å². The van der Waals surface area contributed by atoms with Crippen LogP contribution >= 0.6 is 0 Å². The number of hydrogen-bond acceptors (Lipinski definition) is 3. The highest BCUT2D eigenvalue weighted by molar-refractivity contribution is 6.27. The first kappa shape index (κ1) is 25.5. The summed E-state index contributed by atoms with van der Waals surface area (Å²) in [6, 6.07) is 0. The number of hydrogen-bond donors (Lipinski definition) is 1. The zero-order valence-electron chi connectivity index (χ0n) is 15.8. The maximum Gasteiger partial charge on any atom is 0.270 e. The second-order valence-electron chi connectivity index (χ2n) is 6.55. The van der Waals surface area contributed by atoms with Crippen molar-refractivity contribution in [2.75, 3.05) is 0 Å². The highest BCUT2D eigenvalue weighted by Crippen LogP contribution is 2.17. The van der Waals surface area contributed by atoms with Crippen LogP contribution in [-0.4, -0.2) is 22.9 Å². The highest BCUT2D eigenvalue weighted by atomic mass is 35.5. The molecule has 24 heavy (non-hydrogen) atoms. The van der Waals surface area contributed by atoms with Gasteiger partial charge >= 0.3 is 0 Å². The molecular formula is C19H36ClNO3. The molecule has 0 atom stereocenters. The van der Waals surface area contributed by atoms with Gasteiger partial charge in [-0.2, -0.15) is 0 Å². The van der Waals surface area contributed by atoms with Gasteiger partial charge in [0.1, 0.15) is 0 Å². The van der Waals surface area contributed by atoms with Crippen molar-refractivity contribution >= 4 is 17.3 Å². The molecule has 0 unspecified atom stereocenters. The summed E-state index contributed by atoms with van der Waals surface area (Å²) in [7, 11) is 0. The van der Waals surface area contributed by atoms with E-state index in [2.05, 4.69) is 26.5 Å². The number of carbonyl (C=O) groups is 3. The van der Waals surface area contributed by atoms with Crippen LogP contribution in [0.1, 0.15) is 97.8 Å². The lowest BCUT2D eigenvalue weighted by Gasteiger charge is -2.22. The highest BCUT2D eigenvalue weighted by Gasteiger charge is 2.50. The van der Waals surface area contributed by atoms with Crippen LogP contribution in [0.4, 0.5) is 0 Å². The van der Waals surface area contributed by atoms with Gasteiger partial charge in [0.05, 0.1) is 0 Å². The monoisotopic (exact) mass is 361 g/mol. The molecule has 0 spiro atoms. The molecule has 0 aliphatic carbocycles. The first-order chi connectivity index (χ1) is 10.9. The smallest absolute Gasteiger partial charge is 0.270 e. The van der Waals surface area contributed by atoms with Crippen molar-refractivity contribution in [3.05, 3.63) is 0 Å². The third-order valence-electron chi connectivity index (χ3n) is 4.45. The predicted molar refractivity (Wildman–Crippen MR) is 93.1 cm³/mol. The summed E-state index contributed by atoms with van der Waals surface area (Å²) in [5.74, 6) is -0.808. The maximum absolute atomic E-state index is 12.6. The van der Waals surface area contributed by atoms with Crippen LogP contribution in [0, 0.1) is 0 Å². The van der Waals surface area contributed by atoms with Gasteiger partial charge in [-0.1, -0.05) is 59.3 Å². The van der Waals surface area contributed by atoms with Crippen LogP contribution in [0.5, 0.6) is 0 Å². The van der Waals surface area contributed by atoms with Gasteiger partial charge in [0.2, 0.25) is 17.3 Å². The fourth-order valence-electron chi connectivity index (χ4n) is 2.71. The Bertz CT molecular complexity index is 328. The van der Waals surface area contributed by atoms with Crippen molar-refractivity contribution < 1.29 is 32.5 Å². The summed E-state index contributed by atoms with van der Waals surface area (Å²) < 4.78 is 0. The third kappa shape index (κ3) is 8.39. The molecule has 0 aliphatic heterocycles. The molecular weight excluding hydrogens is 326 g/mol. The first-order valence-electron chi connectivity index (χ1n) is 9.40. The molecule has 3 N–H and O–H groups in total. The molecule has 0 rings (SSSR count). The minimum absolute atomic E-state index is 0. The van der Waals surface area contributed by atoms with Gasteiger partial charge in [0, 0.05) is 19.3 Å². The number of carbonyl (C=O) groups excluding carboxylic acids is 3. The molecule has 0 radical (unpaired) electrons. The maximum atomic E-state index is 12.6. The van der Waals surface area contributed by atoms with Crippen LogP contribution in [0.25, 0.3) is 0 Å². The van der Waals surface area contributed by atoms with Gasteiger partial charge in [0.15, 0.2) is 0 Å².